The maximum Gasteiger partial charge on any atom is 0.242 e. The Bertz CT molecular complexity index is 565. The van der Waals surface area contributed by atoms with Crippen molar-refractivity contribution in [3.05, 3.63) is 27.7 Å². The van der Waals surface area contributed by atoms with E-state index in [-0.39, 0.29) is 16.5 Å². The fourth-order valence-corrected chi connectivity index (χ4v) is 3.61. The van der Waals surface area contributed by atoms with E-state index in [1.807, 2.05) is 6.92 Å². The molecule has 0 spiro atoms. The van der Waals surface area contributed by atoms with Crippen LogP contribution < -0.4 is 10.0 Å². The summed E-state index contributed by atoms with van der Waals surface area (Å²) in [7, 11) is -2.09. The fraction of sp³-hybridized carbons (Fsp3) is 0.538. The summed E-state index contributed by atoms with van der Waals surface area (Å²) in [6.45, 7) is 3.98. The summed E-state index contributed by atoms with van der Waals surface area (Å²) in [5, 5.41) is 3.66. The Kier molecular flexibility index (Phi) is 7.94. The molecule has 0 aliphatic heterocycles. The molecule has 0 unspecified atom stereocenters. The molecule has 120 valence electrons. The Balaban J connectivity index is 2.94. The predicted octanol–water partition coefficient (Wildman–Crippen LogP) is 2.42. The molecule has 0 aliphatic rings. The lowest BCUT2D eigenvalue weighted by Gasteiger charge is -2.12. The molecule has 1 aromatic carbocycles. The van der Waals surface area contributed by atoms with Gasteiger partial charge in [0, 0.05) is 31.8 Å². The maximum atomic E-state index is 12.3. The van der Waals surface area contributed by atoms with Crippen LogP contribution in [0.5, 0.6) is 0 Å². The van der Waals surface area contributed by atoms with Crippen LogP contribution in [-0.2, 0) is 21.3 Å². The molecule has 0 amide bonds. The first-order valence-electron chi connectivity index (χ1n) is 6.59. The van der Waals surface area contributed by atoms with Crippen molar-refractivity contribution in [1.29, 1.82) is 0 Å². The molecule has 8 heteroatoms. The molecule has 21 heavy (non-hydrogen) atoms. The number of rotatable bonds is 9. The highest BCUT2D eigenvalue weighted by molar-refractivity contribution is 7.89. The summed E-state index contributed by atoms with van der Waals surface area (Å²) < 4.78 is 31.9. The van der Waals surface area contributed by atoms with Crippen LogP contribution in [0.1, 0.15) is 18.9 Å². The van der Waals surface area contributed by atoms with Crippen LogP contribution >= 0.6 is 23.2 Å². The highest BCUT2D eigenvalue weighted by atomic mass is 35.5. The van der Waals surface area contributed by atoms with Gasteiger partial charge in [-0.05, 0) is 30.7 Å². The SMILES string of the molecule is CCNCc1cc(S(=O)(=O)NCCCOC)c(Cl)cc1Cl. The van der Waals surface area contributed by atoms with E-state index in [2.05, 4.69) is 10.0 Å². The number of sulfonamides is 1. The lowest BCUT2D eigenvalue weighted by Crippen LogP contribution is -2.26. The van der Waals surface area contributed by atoms with E-state index < -0.39 is 10.0 Å². The number of halogens is 2. The van der Waals surface area contributed by atoms with Crippen LogP contribution in [0.2, 0.25) is 10.0 Å². The van der Waals surface area contributed by atoms with Gasteiger partial charge in [-0.25, -0.2) is 13.1 Å². The van der Waals surface area contributed by atoms with Gasteiger partial charge < -0.3 is 10.1 Å². The third-order valence-electron chi connectivity index (χ3n) is 2.77. The maximum absolute atomic E-state index is 12.3. The van der Waals surface area contributed by atoms with Gasteiger partial charge in [0.2, 0.25) is 10.0 Å². The molecule has 0 radical (unpaired) electrons. The van der Waals surface area contributed by atoms with Gasteiger partial charge in [0.05, 0.1) is 5.02 Å². The molecule has 0 aliphatic carbocycles. The van der Waals surface area contributed by atoms with E-state index in [1.54, 1.807) is 7.11 Å². The van der Waals surface area contributed by atoms with Gasteiger partial charge in [-0.1, -0.05) is 30.1 Å². The smallest absolute Gasteiger partial charge is 0.242 e. The Morgan fingerprint density at radius 3 is 2.57 bits per heavy atom. The Hall–Kier alpha value is -0.370. The average molecular weight is 355 g/mol. The van der Waals surface area contributed by atoms with Crippen molar-refractivity contribution in [2.45, 2.75) is 24.8 Å². The van der Waals surface area contributed by atoms with Gasteiger partial charge in [0.1, 0.15) is 4.90 Å². The highest BCUT2D eigenvalue weighted by Gasteiger charge is 2.19. The number of methoxy groups -OCH3 is 1. The molecule has 0 saturated heterocycles. The third-order valence-corrected chi connectivity index (χ3v) is 5.05. The number of ether oxygens (including phenoxy) is 1. The van der Waals surface area contributed by atoms with E-state index in [1.165, 1.54) is 12.1 Å². The molecule has 0 fully saturated rings. The van der Waals surface area contributed by atoms with Crippen molar-refractivity contribution < 1.29 is 13.2 Å². The second kappa shape index (κ2) is 8.92. The van der Waals surface area contributed by atoms with Crippen LogP contribution in [0.4, 0.5) is 0 Å². The van der Waals surface area contributed by atoms with E-state index in [9.17, 15) is 8.42 Å². The van der Waals surface area contributed by atoms with Gasteiger partial charge in [-0.2, -0.15) is 0 Å². The lowest BCUT2D eigenvalue weighted by molar-refractivity contribution is 0.196. The molecule has 5 nitrogen and oxygen atoms in total. The number of benzene rings is 1. The largest absolute Gasteiger partial charge is 0.385 e. The molecule has 0 saturated carbocycles. The summed E-state index contributed by atoms with van der Waals surface area (Å²) in [5.74, 6) is 0. The molecule has 1 aromatic rings. The van der Waals surface area contributed by atoms with Crippen molar-refractivity contribution in [2.24, 2.45) is 0 Å². The topological polar surface area (TPSA) is 67.4 Å². The fourth-order valence-electron chi connectivity index (χ4n) is 1.67. The molecular formula is C13H20Cl2N2O3S. The zero-order chi connectivity index (χ0) is 15.9. The second-order valence-electron chi connectivity index (χ2n) is 4.40. The first-order valence-corrected chi connectivity index (χ1v) is 8.83. The number of nitrogens with one attached hydrogen (secondary N) is 2. The summed E-state index contributed by atoms with van der Waals surface area (Å²) >= 11 is 12.1. The molecule has 0 bridgehead atoms. The first-order chi connectivity index (χ1) is 9.92. The molecule has 1 rings (SSSR count). The quantitative estimate of drug-likeness (QED) is 0.668. The van der Waals surface area contributed by atoms with Gasteiger partial charge >= 0.3 is 0 Å². The molecule has 0 atom stereocenters. The summed E-state index contributed by atoms with van der Waals surface area (Å²) in [6.07, 6.45) is 0.588. The van der Waals surface area contributed by atoms with Gasteiger partial charge in [-0.3, -0.25) is 0 Å². The average Bonchev–Trinajstić information content (AvgIpc) is 2.42. The summed E-state index contributed by atoms with van der Waals surface area (Å²) in [4.78, 5) is 0.0406. The first kappa shape index (κ1) is 18.7. The van der Waals surface area contributed by atoms with E-state index in [0.717, 1.165) is 6.54 Å². The number of hydrogen-bond donors (Lipinski definition) is 2. The van der Waals surface area contributed by atoms with E-state index >= 15 is 0 Å². The van der Waals surface area contributed by atoms with Crippen LogP contribution in [0.25, 0.3) is 0 Å². The zero-order valence-corrected chi connectivity index (χ0v) is 14.4. The third kappa shape index (κ3) is 5.73. The standard InChI is InChI=1S/C13H20Cl2N2O3S/c1-3-16-9-10-7-13(12(15)8-11(10)14)21(18,19)17-5-4-6-20-2/h7-8,16-17H,3-6,9H2,1-2H3. The predicted molar refractivity (Wildman–Crippen MR) is 85.5 cm³/mol. The Labute approximate surface area is 136 Å². The van der Waals surface area contributed by atoms with Gasteiger partial charge in [0.25, 0.3) is 0 Å². The molecule has 0 heterocycles. The van der Waals surface area contributed by atoms with Crippen LogP contribution in [-0.4, -0.2) is 35.2 Å². The minimum absolute atomic E-state index is 0.0406. The van der Waals surface area contributed by atoms with Gasteiger partial charge in [0.15, 0.2) is 0 Å². The minimum atomic E-state index is -3.66. The van der Waals surface area contributed by atoms with Crippen molar-refractivity contribution in [2.75, 3.05) is 26.8 Å². The summed E-state index contributed by atoms with van der Waals surface area (Å²) in [5.41, 5.74) is 0.695. The van der Waals surface area contributed by atoms with Crippen molar-refractivity contribution >= 4 is 33.2 Å². The lowest BCUT2D eigenvalue weighted by atomic mass is 10.2. The Morgan fingerprint density at radius 1 is 1.24 bits per heavy atom. The van der Waals surface area contributed by atoms with Crippen LogP contribution in [0, 0.1) is 0 Å². The van der Waals surface area contributed by atoms with E-state index in [0.29, 0.717) is 30.2 Å². The summed E-state index contributed by atoms with van der Waals surface area (Å²) in [6, 6.07) is 2.96. The Morgan fingerprint density at radius 2 is 1.95 bits per heavy atom. The van der Waals surface area contributed by atoms with Crippen molar-refractivity contribution in [1.82, 2.24) is 10.0 Å². The molecule has 0 aromatic heterocycles. The number of hydrogen-bond acceptors (Lipinski definition) is 4. The second-order valence-corrected chi connectivity index (χ2v) is 6.95. The van der Waals surface area contributed by atoms with Crippen LogP contribution in [0.15, 0.2) is 17.0 Å². The minimum Gasteiger partial charge on any atom is -0.385 e. The van der Waals surface area contributed by atoms with E-state index in [4.69, 9.17) is 27.9 Å². The van der Waals surface area contributed by atoms with Gasteiger partial charge in [-0.15, -0.1) is 0 Å². The van der Waals surface area contributed by atoms with Crippen LogP contribution in [0.3, 0.4) is 0 Å². The monoisotopic (exact) mass is 354 g/mol. The van der Waals surface area contributed by atoms with Crippen molar-refractivity contribution in [3.8, 4) is 0 Å². The normalized spacial score (nSPS) is 11.8. The van der Waals surface area contributed by atoms with Crippen molar-refractivity contribution in [3.63, 3.8) is 0 Å². The molecule has 2 N–H and O–H groups in total. The highest BCUT2D eigenvalue weighted by Crippen LogP contribution is 2.28. The zero-order valence-electron chi connectivity index (χ0n) is 12.1. The molecular weight excluding hydrogens is 335 g/mol.